The van der Waals surface area contributed by atoms with Gasteiger partial charge >= 0.3 is 0 Å². The lowest BCUT2D eigenvalue weighted by molar-refractivity contribution is 0.594. The molecule has 0 N–H and O–H groups in total. The minimum Gasteiger partial charge on any atom is -0.456 e. The van der Waals surface area contributed by atoms with Crippen LogP contribution in [0.5, 0.6) is 0 Å². The second-order valence-corrected chi connectivity index (χ2v) is 15.9. The molecule has 0 radical (unpaired) electrons. The van der Waals surface area contributed by atoms with E-state index in [2.05, 4.69) is 179 Å². The number of allylic oxidation sites excluding steroid dienone is 5. The van der Waals surface area contributed by atoms with Gasteiger partial charge in [0.05, 0.1) is 22.1 Å². The normalized spacial score (nSPS) is 14.2. The lowest BCUT2D eigenvalue weighted by Gasteiger charge is -2.14. The zero-order chi connectivity index (χ0) is 37.9. The molecule has 0 amide bonds. The first-order valence-corrected chi connectivity index (χ1v) is 20.4. The zero-order valence-corrected chi connectivity index (χ0v) is 31.7. The predicted octanol–water partition coefficient (Wildman–Crippen LogP) is 15.0. The molecule has 0 spiro atoms. The summed E-state index contributed by atoms with van der Waals surface area (Å²) in [6.07, 6.45) is 15.1. The highest BCUT2D eigenvalue weighted by Crippen LogP contribution is 2.45. The van der Waals surface area contributed by atoms with Crippen LogP contribution in [0.2, 0.25) is 0 Å². The molecule has 2 aliphatic carbocycles. The van der Waals surface area contributed by atoms with Gasteiger partial charge in [-0.3, -0.25) is 0 Å². The number of rotatable bonds is 4. The van der Waals surface area contributed by atoms with Crippen molar-refractivity contribution in [2.45, 2.75) is 25.7 Å². The van der Waals surface area contributed by atoms with Crippen LogP contribution in [0.15, 0.2) is 173 Å². The lowest BCUT2D eigenvalue weighted by Crippen LogP contribution is -1.98. The molecule has 0 saturated heterocycles. The van der Waals surface area contributed by atoms with Crippen LogP contribution < -0.4 is 0 Å². The summed E-state index contributed by atoms with van der Waals surface area (Å²) >= 11 is 0. The number of para-hydroxylation sites is 3. The number of furan rings is 2. The molecule has 0 saturated carbocycles. The van der Waals surface area contributed by atoms with E-state index in [1.54, 1.807) is 0 Å². The van der Waals surface area contributed by atoms with Crippen LogP contribution in [0, 0.1) is 0 Å². The van der Waals surface area contributed by atoms with E-state index < -0.39 is 0 Å². The average Bonchev–Trinajstić information content (AvgIpc) is 4.03. The molecular weight excluding hydrogens is 709 g/mol. The van der Waals surface area contributed by atoms with Gasteiger partial charge in [0.15, 0.2) is 0 Å². The summed E-state index contributed by atoms with van der Waals surface area (Å²) in [6, 6.07) is 51.3. The van der Waals surface area contributed by atoms with Crippen molar-refractivity contribution in [3.05, 3.63) is 175 Å². The van der Waals surface area contributed by atoms with Crippen LogP contribution >= 0.6 is 0 Å². The van der Waals surface area contributed by atoms with Gasteiger partial charge < -0.3 is 18.0 Å². The fourth-order valence-corrected chi connectivity index (χ4v) is 9.96. The van der Waals surface area contributed by atoms with Gasteiger partial charge in [-0.2, -0.15) is 0 Å². The van der Waals surface area contributed by atoms with Gasteiger partial charge in [-0.25, -0.2) is 0 Å². The Balaban J connectivity index is 1.08. The Bertz CT molecular complexity index is 3620. The van der Waals surface area contributed by atoms with E-state index in [1.165, 1.54) is 65.8 Å². The third-order valence-corrected chi connectivity index (χ3v) is 12.6. The molecular formula is C54H36N2O2. The first-order chi connectivity index (χ1) is 28.7. The van der Waals surface area contributed by atoms with Gasteiger partial charge in [-0.1, -0.05) is 85.0 Å². The van der Waals surface area contributed by atoms with Crippen molar-refractivity contribution >= 4 is 88.3 Å². The van der Waals surface area contributed by atoms with E-state index in [1.807, 2.05) is 0 Å². The molecule has 0 bridgehead atoms. The molecule has 11 aromatic rings. The molecule has 0 aliphatic heterocycles. The number of fused-ring (bicyclic) bond motifs is 12. The summed E-state index contributed by atoms with van der Waals surface area (Å²) in [5, 5.41) is 8.37. The van der Waals surface area contributed by atoms with Crippen molar-refractivity contribution in [1.29, 1.82) is 0 Å². The van der Waals surface area contributed by atoms with E-state index in [4.69, 9.17) is 8.83 Å². The summed E-state index contributed by atoms with van der Waals surface area (Å²) in [4.78, 5) is 0. The van der Waals surface area contributed by atoms with Gasteiger partial charge in [-0.05, 0) is 121 Å². The number of aryl methyl sites for hydroxylation is 1. The molecule has 13 rings (SSSR count). The second kappa shape index (κ2) is 12.1. The van der Waals surface area contributed by atoms with Gasteiger partial charge in [0.2, 0.25) is 0 Å². The number of aromatic nitrogens is 2. The summed E-state index contributed by atoms with van der Waals surface area (Å²) in [5.74, 6) is 0.968. The Hall–Kier alpha value is -7.30. The Morgan fingerprint density at radius 2 is 1.12 bits per heavy atom. The van der Waals surface area contributed by atoms with Crippen LogP contribution in [0.3, 0.4) is 0 Å². The van der Waals surface area contributed by atoms with Gasteiger partial charge in [0.1, 0.15) is 22.5 Å². The van der Waals surface area contributed by atoms with Crippen LogP contribution in [0.25, 0.3) is 116 Å². The molecule has 4 heteroatoms. The highest BCUT2D eigenvalue weighted by Gasteiger charge is 2.22. The number of hydrogen-bond donors (Lipinski definition) is 0. The first kappa shape index (κ1) is 31.9. The van der Waals surface area contributed by atoms with Gasteiger partial charge in [-0.15, -0.1) is 0 Å². The van der Waals surface area contributed by atoms with Gasteiger partial charge in [0, 0.05) is 66.3 Å². The molecule has 7 aromatic carbocycles. The Morgan fingerprint density at radius 1 is 0.448 bits per heavy atom. The smallest absolute Gasteiger partial charge is 0.143 e. The third kappa shape index (κ3) is 4.57. The minimum atomic E-state index is 0.840. The standard InChI is InChI=1S/C54H36N2O2/c1-3-13-36(14-4-1)55-47-20-10-7-17-38(47)42-27-33(23-25-49(42)55)35-29-41(54-46(30-35)45-31-44-40-19-9-12-22-51(40)57-52(44)32-53(45)58-54)34-24-26-50-43(28-34)39-18-8-11-21-48(39)56(50)37-15-5-2-6-16-37/h1-5,7-8,10-15,17-18,20-32H,6,9,16,19H2. The maximum Gasteiger partial charge on any atom is 0.143 e. The third-order valence-electron chi connectivity index (χ3n) is 12.6. The second-order valence-electron chi connectivity index (χ2n) is 15.9. The zero-order valence-electron chi connectivity index (χ0n) is 31.7. The predicted molar refractivity (Wildman–Crippen MR) is 242 cm³/mol. The van der Waals surface area contributed by atoms with Crippen molar-refractivity contribution in [3.63, 3.8) is 0 Å². The van der Waals surface area contributed by atoms with Crippen molar-refractivity contribution in [2.24, 2.45) is 0 Å². The fraction of sp³-hybridized carbons (Fsp3) is 0.0741. The molecule has 4 aromatic heterocycles. The summed E-state index contributed by atoms with van der Waals surface area (Å²) in [5.41, 5.74) is 15.8. The quantitative estimate of drug-likeness (QED) is 0.180. The maximum absolute atomic E-state index is 6.95. The van der Waals surface area contributed by atoms with E-state index in [0.717, 1.165) is 81.3 Å². The van der Waals surface area contributed by atoms with Gasteiger partial charge in [0.25, 0.3) is 0 Å². The van der Waals surface area contributed by atoms with Crippen LogP contribution in [0.1, 0.15) is 30.6 Å². The Kier molecular flexibility index (Phi) is 6.65. The van der Waals surface area contributed by atoms with E-state index in [0.29, 0.717) is 0 Å². The highest BCUT2D eigenvalue weighted by atomic mass is 16.3. The monoisotopic (exact) mass is 744 g/mol. The van der Waals surface area contributed by atoms with Crippen molar-refractivity contribution in [1.82, 2.24) is 9.13 Å². The lowest BCUT2D eigenvalue weighted by atomic mass is 9.94. The molecule has 4 heterocycles. The molecule has 4 nitrogen and oxygen atoms in total. The fourth-order valence-electron chi connectivity index (χ4n) is 9.96. The highest BCUT2D eigenvalue weighted by molar-refractivity contribution is 6.17. The molecule has 58 heavy (non-hydrogen) atoms. The number of benzene rings is 7. The maximum atomic E-state index is 6.95. The minimum absolute atomic E-state index is 0.840. The van der Waals surface area contributed by atoms with Crippen molar-refractivity contribution < 1.29 is 8.83 Å². The molecule has 274 valence electrons. The van der Waals surface area contributed by atoms with Crippen LogP contribution in [-0.2, 0) is 6.42 Å². The summed E-state index contributed by atoms with van der Waals surface area (Å²) in [7, 11) is 0. The molecule has 2 aliphatic rings. The van der Waals surface area contributed by atoms with Crippen LogP contribution in [0.4, 0.5) is 0 Å². The largest absolute Gasteiger partial charge is 0.456 e. The topological polar surface area (TPSA) is 36.1 Å². The molecule has 0 fully saturated rings. The number of nitrogens with zero attached hydrogens (tertiary/aromatic N) is 2. The molecule has 0 atom stereocenters. The van der Waals surface area contributed by atoms with E-state index in [-0.39, 0.29) is 0 Å². The first-order valence-electron chi connectivity index (χ1n) is 20.4. The summed E-state index contributed by atoms with van der Waals surface area (Å²) in [6.45, 7) is 0. The van der Waals surface area contributed by atoms with E-state index >= 15 is 0 Å². The van der Waals surface area contributed by atoms with E-state index in [9.17, 15) is 0 Å². The SMILES string of the molecule is C1=CCCC(n2c3ccccc3c3cc(-c4cc(-c5ccc6c(c5)c5ccccc5n6-c5ccccc5)cc5c4oc4cc6oc7c(c6cc45)CCC=C7)ccc32)=C1. The summed E-state index contributed by atoms with van der Waals surface area (Å²) < 4.78 is 18.2. The van der Waals surface area contributed by atoms with Crippen molar-refractivity contribution in [2.75, 3.05) is 0 Å². The average molecular weight is 745 g/mol. The number of hydrogen-bond acceptors (Lipinski definition) is 2. The Labute approximate surface area is 333 Å². The molecule has 0 unspecified atom stereocenters. The van der Waals surface area contributed by atoms with Crippen LogP contribution in [-0.4, -0.2) is 9.13 Å². The van der Waals surface area contributed by atoms with Crippen molar-refractivity contribution in [3.8, 4) is 27.9 Å². The Morgan fingerprint density at radius 3 is 1.93 bits per heavy atom.